The summed E-state index contributed by atoms with van der Waals surface area (Å²) in [5.74, 6) is -0.885. The lowest BCUT2D eigenvalue weighted by Crippen LogP contribution is -2.15. The van der Waals surface area contributed by atoms with Crippen LogP contribution < -0.4 is 10.6 Å². The third kappa shape index (κ3) is 4.82. The fourth-order valence-corrected chi connectivity index (χ4v) is 3.15. The van der Waals surface area contributed by atoms with Gasteiger partial charge in [0, 0.05) is 23.5 Å². The summed E-state index contributed by atoms with van der Waals surface area (Å²) in [4.78, 5) is 25.1. The summed E-state index contributed by atoms with van der Waals surface area (Å²) in [6, 6.07) is 14.5. The number of carbonyl (C=O) groups is 2. The molecule has 2 N–H and O–H groups in total. The topological polar surface area (TPSA) is 102 Å². The lowest BCUT2D eigenvalue weighted by molar-refractivity contribution is -0.142. The average molecular weight is 469 g/mol. The van der Waals surface area contributed by atoms with Crippen LogP contribution in [0.4, 0.5) is 24.5 Å². The van der Waals surface area contributed by atoms with Gasteiger partial charge in [-0.25, -0.2) is 4.68 Å². The minimum absolute atomic E-state index is 0.0810. The van der Waals surface area contributed by atoms with Crippen LogP contribution in [0.2, 0.25) is 0 Å². The minimum Gasteiger partial charge on any atom is -0.361 e. The van der Waals surface area contributed by atoms with E-state index in [1.807, 2.05) is 0 Å². The molecule has 0 saturated heterocycles. The van der Waals surface area contributed by atoms with Gasteiger partial charge in [-0.15, -0.1) is 0 Å². The Labute approximate surface area is 191 Å². The summed E-state index contributed by atoms with van der Waals surface area (Å²) in [7, 11) is 0. The van der Waals surface area contributed by atoms with Gasteiger partial charge in [0.25, 0.3) is 11.8 Å². The first-order chi connectivity index (χ1) is 16.1. The Bertz CT molecular complexity index is 1360. The third-order valence-electron chi connectivity index (χ3n) is 4.84. The molecule has 0 aliphatic heterocycles. The Kier molecular flexibility index (Phi) is 5.93. The maximum Gasteiger partial charge on any atom is 0.433 e. The average Bonchev–Trinajstić information content (AvgIpc) is 3.43. The molecule has 34 heavy (non-hydrogen) atoms. The highest BCUT2D eigenvalue weighted by atomic mass is 19.4. The Morgan fingerprint density at radius 2 is 1.62 bits per heavy atom. The second-order valence-corrected chi connectivity index (χ2v) is 7.42. The number of hydrogen-bond acceptors (Lipinski definition) is 5. The first-order valence-electron chi connectivity index (χ1n) is 10.0. The summed E-state index contributed by atoms with van der Waals surface area (Å²) >= 11 is 0. The van der Waals surface area contributed by atoms with E-state index >= 15 is 0 Å². The monoisotopic (exact) mass is 469 g/mol. The van der Waals surface area contributed by atoms with Crippen LogP contribution in [-0.2, 0) is 6.18 Å². The quantitative estimate of drug-likeness (QED) is 0.428. The molecule has 0 spiro atoms. The fourth-order valence-electron chi connectivity index (χ4n) is 3.15. The number of nitrogens with one attached hydrogen (secondary N) is 2. The maximum atomic E-state index is 13.6. The molecule has 4 rings (SSSR count). The molecule has 0 unspecified atom stereocenters. The number of para-hydroxylation sites is 1. The number of amides is 2. The first kappa shape index (κ1) is 22.8. The van der Waals surface area contributed by atoms with Gasteiger partial charge >= 0.3 is 6.18 Å². The van der Waals surface area contributed by atoms with Gasteiger partial charge in [0.1, 0.15) is 11.5 Å². The molecule has 0 aliphatic rings. The van der Waals surface area contributed by atoms with Crippen LogP contribution in [0.3, 0.4) is 0 Å². The molecule has 2 aromatic carbocycles. The van der Waals surface area contributed by atoms with E-state index in [0.717, 1.165) is 0 Å². The van der Waals surface area contributed by atoms with Crippen molar-refractivity contribution in [1.29, 1.82) is 0 Å². The van der Waals surface area contributed by atoms with Crippen molar-refractivity contribution in [3.63, 3.8) is 0 Å². The van der Waals surface area contributed by atoms with Crippen LogP contribution in [0.15, 0.2) is 65.2 Å². The molecule has 174 valence electrons. The standard InChI is InChI=1S/C23H18F3N5O3/c1-13-8-9-15(11-17(13)28-22(33)19-10-14(2)34-30-19)27-21(32)18-12-20(23(24,25)26)31(29-18)16-6-4-3-5-7-16/h3-12H,1-2H3,(H,27,32)(H,28,33). The molecule has 2 amide bonds. The zero-order valence-corrected chi connectivity index (χ0v) is 18.0. The predicted molar refractivity (Wildman–Crippen MR) is 117 cm³/mol. The number of rotatable bonds is 5. The molecule has 0 aliphatic carbocycles. The number of alkyl halides is 3. The number of benzene rings is 2. The van der Waals surface area contributed by atoms with Gasteiger partial charge in [0.2, 0.25) is 0 Å². The minimum atomic E-state index is -4.72. The van der Waals surface area contributed by atoms with E-state index < -0.39 is 29.4 Å². The Morgan fingerprint density at radius 3 is 2.26 bits per heavy atom. The summed E-state index contributed by atoms with van der Waals surface area (Å²) < 4.78 is 46.2. The summed E-state index contributed by atoms with van der Waals surface area (Å²) in [5, 5.41) is 12.7. The molecule has 4 aromatic rings. The van der Waals surface area contributed by atoms with Crippen molar-refractivity contribution < 1.29 is 27.3 Å². The molecule has 2 heterocycles. The molecular formula is C23H18F3N5O3. The van der Waals surface area contributed by atoms with Gasteiger partial charge in [-0.05, 0) is 43.7 Å². The molecule has 0 atom stereocenters. The summed E-state index contributed by atoms with van der Waals surface area (Å²) in [5.41, 5.74) is 0.0809. The fraction of sp³-hybridized carbons (Fsp3) is 0.130. The maximum absolute atomic E-state index is 13.6. The second-order valence-electron chi connectivity index (χ2n) is 7.42. The highest BCUT2D eigenvalue weighted by Crippen LogP contribution is 2.32. The zero-order chi connectivity index (χ0) is 24.5. The first-order valence-corrected chi connectivity index (χ1v) is 10.0. The SMILES string of the molecule is Cc1cc(C(=O)Nc2cc(NC(=O)c3cc(C(F)(F)F)n(-c4ccccc4)n3)ccc2C)no1. The number of nitrogens with zero attached hydrogens (tertiary/aromatic N) is 3. The molecular weight excluding hydrogens is 451 g/mol. The number of hydrogen-bond donors (Lipinski definition) is 2. The highest BCUT2D eigenvalue weighted by Gasteiger charge is 2.37. The van der Waals surface area contributed by atoms with Crippen molar-refractivity contribution in [2.45, 2.75) is 20.0 Å². The van der Waals surface area contributed by atoms with Crippen molar-refractivity contribution in [2.75, 3.05) is 10.6 Å². The van der Waals surface area contributed by atoms with Crippen LogP contribution in [-0.4, -0.2) is 26.8 Å². The van der Waals surface area contributed by atoms with Gasteiger partial charge in [0.15, 0.2) is 11.4 Å². The van der Waals surface area contributed by atoms with Crippen LogP contribution in [0.1, 0.15) is 38.0 Å². The smallest absolute Gasteiger partial charge is 0.361 e. The van der Waals surface area contributed by atoms with Crippen LogP contribution in [0.5, 0.6) is 0 Å². The lowest BCUT2D eigenvalue weighted by atomic mass is 10.1. The Hall–Kier alpha value is -4.41. The summed E-state index contributed by atoms with van der Waals surface area (Å²) in [6.45, 7) is 3.39. The van der Waals surface area contributed by atoms with Crippen molar-refractivity contribution in [2.24, 2.45) is 0 Å². The molecule has 11 heteroatoms. The van der Waals surface area contributed by atoms with Gasteiger partial charge in [-0.3, -0.25) is 9.59 Å². The summed E-state index contributed by atoms with van der Waals surface area (Å²) in [6.07, 6.45) is -4.72. The van der Waals surface area contributed by atoms with Gasteiger partial charge in [-0.2, -0.15) is 18.3 Å². The molecule has 0 bridgehead atoms. The van der Waals surface area contributed by atoms with Crippen LogP contribution >= 0.6 is 0 Å². The molecule has 0 radical (unpaired) electrons. The highest BCUT2D eigenvalue weighted by molar-refractivity contribution is 6.05. The number of aromatic nitrogens is 3. The van der Waals surface area contributed by atoms with E-state index in [9.17, 15) is 22.8 Å². The van der Waals surface area contributed by atoms with Crippen molar-refractivity contribution >= 4 is 23.2 Å². The Balaban J connectivity index is 1.58. The van der Waals surface area contributed by atoms with Crippen molar-refractivity contribution in [1.82, 2.24) is 14.9 Å². The van der Waals surface area contributed by atoms with Gasteiger partial charge in [0.05, 0.1) is 5.69 Å². The van der Waals surface area contributed by atoms with E-state index in [0.29, 0.717) is 27.8 Å². The van der Waals surface area contributed by atoms with E-state index in [4.69, 9.17) is 4.52 Å². The molecule has 0 saturated carbocycles. The molecule has 0 fully saturated rings. The molecule has 8 nitrogen and oxygen atoms in total. The van der Waals surface area contributed by atoms with E-state index in [1.165, 1.54) is 24.3 Å². The van der Waals surface area contributed by atoms with E-state index in [1.54, 1.807) is 44.2 Å². The van der Waals surface area contributed by atoms with Gasteiger partial charge in [-0.1, -0.05) is 29.4 Å². The number of carbonyl (C=O) groups excluding carboxylic acids is 2. The van der Waals surface area contributed by atoms with Gasteiger partial charge < -0.3 is 15.2 Å². The number of aryl methyl sites for hydroxylation is 2. The number of anilines is 2. The largest absolute Gasteiger partial charge is 0.433 e. The molecule has 2 aromatic heterocycles. The second kappa shape index (κ2) is 8.85. The van der Waals surface area contributed by atoms with Crippen LogP contribution in [0.25, 0.3) is 5.69 Å². The van der Waals surface area contributed by atoms with E-state index in [2.05, 4.69) is 20.9 Å². The lowest BCUT2D eigenvalue weighted by Gasteiger charge is -2.10. The predicted octanol–water partition coefficient (Wildman–Crippen LogP) is 5.00. The zero-order valence-electron chi connectivity index (χ0n) is 18.0. The van der Waals surface area contributed by atoms with E-state index in [-0.39, 0.29) is 17.1 Å². The normalized spacial score (nSPS) is 11.3. The third-order valence-corrected chi connectivity index (χ3v) is 4.84. The number of halogens is 3. The Morgan fingerprint density at radius 1 is 0.912 bits per heavy atom. The van der Waals surface area contributed by atoms with Crippen LogP contribution in [0, 0.1) is 13.8 Å². The van der Waals surface area contributed by atoms with Crippen molar-refractivity contribution in [3.05, 3.63) is 89.1 Å². The van der Waals surface area contributed by atoms with Crippen molar-refractivity contribution in [3.8, 4) is 5.69 Å².